The van der Waals surface area contributed by atoms with E-state index < -0.39 is 5.91 Å². The highest BCUT2D eigenvalue weighted by molar-refractivity contribution is 5.93. The number of nitrogens with zero attached hydrogens (tertiary/aromatic N) is 1. The summed E-state index contributed by atoms with van der Waals surface area (Å²) in [5.74, 6) is -0.511. The number of nitrogens with one attached hydrogen (secondary N) is 1. The molecule has 0 aliphatic rings. The molecule has 24 heavy (non-hydrogen) atoms. The number of carbonyl (C=O) groups is 1. The molecule has 0 fully saturated rings. The number of hydrogen-bond donors (Lipinski definition) is 2. The standard InChI is InChI=1S/C20H18N2O2/c23-20(21-24)17-9-7-8-16(14-17)15-22(18-10-3-1-4-11-18)19-12-5-2-6-13-19/h1-14,24H,15H2,(H,21,23). The van der Waals surface area contributed by atoms with Gasteiger partial charge in [-0.05, 0) is 42.0 Å². The zero-order chi connectivity index (χ0) is 16.8. The van der Waals surface area contributed by atoms with Crippen LogP contribution in [0.4, 0.5) is 11.4 Å². The molecule has 0 bridgehead atoms. The Labute approximate surface area is 140 Å². The van der Waals surface area contributed by atoms with Crippen molar-refractivity contribution in [1.29, 1.82) is 0 Å². The van der Waals surface area contributed by atoms with Crippen LogP contribution < -0.4 is 10.4 Å². The minimum Gasteiger partial charge on any atom is -0.337 e. The Kier molecular flexibility index (Phi) is 4.89. The van der Waals surface area contributed by atoms with Crippen LogP contribution in [-0.4, -0.2) is 11.1 Å². The van der Waals surface area contributed by atoms with Crippen LogP contribution >= 0.6 is 0 Å². The molecule has 0 heterocycles. The third-order valence-corrected chi connectivity index (χ3v) is 3.77. The number of benzene rings is 3. The summed E-state index contributed by atoms with van der Waals surface area (Å²) >= 11 is 0. The molecule has 2 N–H and O–H groups in total. The van der Waals surface area contributed by atoms with Crippen molar-refractivity contribution >= 4 is 17.3 Å². The summed E-state index contributed by atoms with van der Waals surface area (Å²) in [6.45, 7) is 0.612. The van der Waals surface area contributed by atoms with Gasteiger partial charge in [-0.1, -0.05) is 48.5 Å². The van der Waals surface area contributed by atoms with Crippen LogP contribution in [0.2, 0.25) is 0 Å². The molecule has 0 aliphatic carbocycles. The van der Waals surface area contributed by atoms with Crippen LogP contribution in [0.1, 0.15) is 15.9 Å². The van der Waals surface area contributed by atoms with Gasteiger partial charge in [0.25, 0.3) is 5.91 Å². The van der Waals surface area contributed by atoms with Crippen LogP contribution in [0.15, 0.2) is 84.9 Å². The lowest BCUT2D eigenvalue weighted by molar-refractivity contribution is 0.0706. The average Bonchev–Trinajstić information content (AvgIpc) is 2.67. The summed E-state index contributed by atoms with van der Waals surface area (Å²) in [6, 6.07) is 27.4. The summed E-state index contributed by atoms with van der Waals surface area (Å²) in [7, 11) is 0. The number of carbonyl (C=O) groups excluding carboxylic acids is 1. The quantitative estimate of drug-likeness (QED) is 0.549. The van der Waals surface area contributed by atoms with E-state index >= 15 is 0 Å². The topological polar surface area (TPSA) is 52.6 Å². The zero-order valence-electron chi connectivity index (χ0n) is 13.1. The van der Waals surface area contributed by atoms with E-state index in [9.17, 15) is 4.79 Å². The Hall–Kier alpha value is -3.11. The van der Waals surface area contributed by atoms with Crippen molar-refractivity contribution in [3.63, 3.8) is 0 Å². The molecule has 3 aromatic rings. The summed E-state index contributed by atoms with van der Waals surface area (Å²) in [4.78, 5) is 13.8. The lowest BCUT2D eigenvalue weighted by atomic mass is 10.1. The summed E-state index contributed by atoms with van der Waals surface area (Å²) in [5.41, 5.74) is 5.22. The van der Waals surface area contributed by atoms with Crippen molar-refractivity contribution in [2.45, 2.75) is 6.54 Å². The molecule has 0 radical (unpaired) electrons. The van der Waals surface area contributed by atoms with E-state index in [-0.39, 0.29) is 0 Å². The van der Waals surface area contributed by atoms with E-state index in [1.807, 2.05) is 48.5 Å². The highest BCUT2D eigenvalue weighted by atomic mass is 16.5. The molecule has 4 heteroatoms. The van der Waals surface area contributed by atoms with Gasteiger partial charge < -0.3 is 4.90 Å². The van der Waals surface area contributed by atoms with Gasteiger partial charge in [0.1, 0.15) is 0 Å². The van der Waals surface area contributed by atoms with Gasteiger partial charge >= 0.3 is 0 Å². The van der Waals surface area contributed by atoms with Crippen molar-refractivity contribution in [3.8, 4) is 0 Å². The molecule has 1 amide bonds. The van der Waals surface area contributed by atoms with Gasteiger partial charge in [0.2, 0.25) is 0 Å². The lowest BCUT2D eigenvalue weighted by Gasteiger charge is -2.25. The van der Waals surface area contributed by atoms with E-state index in [0.717, 1.165) is 16.9 Å². The van der Waals surface area contributed by atoms with Gasteiger partial charge in [0.15, 0.2) is 0 Å². The molecular formula is C20H18N2O2. The highest BCUT2D eigenvalue weighted by Crippen LogP contribution is 2.27. The molecule has 0 spiro atoms. The number of hydrogen-bond acceptors (Lipinski definition) is 3. The summed E-state index contributed by atoms with van der Waals surface area (Å²) in [6.07, 6.45) is 0. The molecule has 4 nitrogen and oxygen atoms in total. The molecule has 120 valence electrons. The molecule has 0 unspecified atom stereocenters. The normalized spacial score (nSPS) is 10.2. The molecule has 0 atom stereocenters. The third-order valence-electron chi connectivity index (χ3n) is 3.77. The van der Waals surface area contributed by atoms with Crippen LogP contribution in [-0.2, 0) is 6.54 Å². The molecule has 0 aromatic heterocycles. The fraction of sp³-hybridized carbons (Fsp3) is 0.0500. The number of amides is 1. The third kappa shape index (κ3) is 3.62. The average molecular weight is 318 g/mol. The number of rotatable bonds is 5. The van der Waals surface area contributed by atoms with Gasteiger partial charge in [-0.15, -0.1) is 0 Å². The second kappa shape index (κ2) is 7.44. The molecule has 3 rings (SSSR count). The largest absolute Gasteiger partial charge is 0.337 e. The maximum atomic E-state index is 11.6. The molecular weight excluding hydrogens is 300 g/mol. The predicted octanol–water partition coefficient (Wildman–Crippen LogP) is 4.14. The number of anilines is 2. The Morgan fingerprint density at radius 2 is 1.42 bits per heavy atom. The maximum absolute atomic E-state index is 11.6. The maximum Gasteiger partial charge on any atom is 0.274 e. The lowest BCUT2D eigenvalue weighted by Crippen LogP contribution is -2.20. The van der Waals surface area contributed by atoms with E-state index in [1.165, 1.54) is 0 Å². The van der Waals surface area contributed by atoms with Gasteiger partial charge in [0, 0.05) is 23.5 Å². The van der Waals surface area contributed by atoms with Crippen LogP contribution in [0.5, 0.6) is 0 Å². The van der Waals surface area contributed by atoms with E-state index in [4.69, 9.17) is 5.21 Å². The van der Waals surface area contributed by atoms with Gasteiger partial charge in [-0.25, -0.2) is 5.48 Å². The highest BCUT2D eigenvalue weighted by Gasteiger charge is 2.11. The van der Waals surface area contributed by atoms with Crippen molar-refractivity contribution in [3.05, 3.63) is 96.1 Å². The minimum atomic E-state index is -0.511. The molecule has 3 aromatic carbocycles. The first-order valence-electron chi connectivity index (χ1n) is 7.69. The van der Waals surface area contributed by atoms with Crippen molar-refractivity contribution in [2.75, 3.05) is 4.90 Å². The number of para-hydroxylation sites is 2. The smallest absolute Gasteiger partial charge is 0.274 e. The first-order chi connectivity index (χ1) is 11.8. The molecule has 0 saturated heterocycles. The molecule has 0 saturated carbocycles. The monoisotopic (exact) mass is 318 g/mol. The van der Waals surface area contributed by atoms with Gasteiger partial charge in [-0.3, -0.25) is 10.0 Å². The molecule has 0 aliphatic heterocycles. The second-order valence-electron chi connectivity index (χ2n) is 5.40. The SMILES string of the molecule is O=C(NO)c1cccc(CN(c2ccccc2)c2ccccc2)c1. The van der Waals surface area contributed by atoms with E-state index in [2.05, 4.69) is 29.2 Å². The number of hydroxylamine groups is 1. The van der Waals surface area contributed by atoms with Crippen molar-refractivity contribution in [2.24, 2.45) is 0 Å². The summed E-state index contributed by atoms with van der Waals surface area (Å²) in [5, 5.41) is 8.81. The Morgan fingerprint density at radius 1 is 0.833 bits per heavy atom. The van der Waals surface area contributed by atoms with Crippen LogP contribution in [0.25, 0.3) is 0 Å². The van der Waals surface area contributed by atoms with Gasteiger partial charge in [-0.2, -0.15) is 0 Å². The fourth-order valence-corrected chi connectivity index (χ4v) is 2.61. The second-order valence-corrected chi connectivity index (χ2v) is 5.40. The zero-order valence-corrected chi connectivity index (χ0v) is 13.1. The predicted molar refractivity (Wildman–Crippen MR) is 94.4 cm³/mol. The summed E-state index contributed by atoms with van der Waals surface area (Å²) < 4.78 is 0. The van der Waals surface area contributed by atoms with Gasteiger partial charge in [0.05, 0.1) is 0 Å². The van der Waals surface area contributed by atoms with Crippen LogP contribution in [0, 0.1) is 0 Å². The van der Waals surface area contributed by atoms with E-state index in [0.29, 0.717) is 12.1 Å². The Balaban J connectivity index is 1.95. The first-order valence-corrected chi connectivity index (χ1v) is 7.69. The fourth-order valence-electron chi connectivity index (χ4n) is 2.61. The minimum absolute atomic E-state index is 0.427. The first kappa shape index (κ1) is 15.8. The van der Waals surface area contributed by atoms with Crippen molar-refractivity contribution in [1.82, 2.24) is 5.48 Å². The Bertz CT molecular complexity index is 765. The van der Waals surface area contributed by atoms with Crippen molar-refractivity contribution < 1.29 is 10.0 Å². The van der Waals surface area contributed by atoms with Crippen LogP contribution in [0.3, 0.4) is 0 Å². The Morgan fingerprint density at radius 3 is 1.96 bits per heavy atom. The van der Waals surface area contributed by atoms with E-state index in [1.54, 1.807) is 17.6 Å².